The zero-order chi connectivity index (χ0) is 89.7. The number of halogens is 6. The molecule has 124 heavy (non-hydrogen) atoms. The molecule has 680 valence electrons. The average molecular weight is 1780 g/mol. The largest absolute Gasteiger partial charge is 0.472 e. The number of aromatic nitrogens is 2. The lowest BCUT2D eigenvalue weighted by atomic mass is 9.79. The van der Waals surface area contributed by atoms with Gasteiger partial charge in [-0.2, -0.15) is 26.3 Å². The van der Waals surface area contributed by atoms with E-state index in [4.69, 9.17) is 38.4 Å². The summed E-state index contributed by atoms with van der Waals surface area (Å²) < 4.78 is 173. The summed E-state index contributed by atoms with van der Waals surface area (Å²) in [7, 11) is -8.07. The summed E-state index contributed by atoms with van der Waals surface area (Å²) in [4.78, 5) is 131. The molecule has 4 aliphatic carbocycles. The van der Waals surface area contributed by atoms with Gasteiger partial charge in [0.05, 0.1) is 120 Å². The van der Waals surface area contributed by atoms with E-state index < -0.39 is 184 Å². The first-order valence-electron chi connectivity index (χ1n) is 43.8. The lowest BCUT2D eigenvalue weighted by Gasteiger charge is -2.34. The van der Waals surface area contributed by atoms with E-state index in [1.807, 2.05) is 101 Å². The third-order valence-electron chi connectivity index (χ3n) is 27.9. The minimum absolute atomic E-state index is 0.00810. The molecule has 10 aliphatic rings. The topological polar surface area (TPSA) is 323 Å². The lowest BCUT2D eigenvalue weighted by Crippen LogP contribution is -2.49. The summed E-state index contributed by atoms with van der Waals surface area (Å²) in [5.74, 6) is -9.50. The van der Waals surface area contributed by atoms with E-state index in [1.165, 1.54) is 9.80 Å². The number of pyridine rings is 2. The fourth-order valence-electron chi connectivity index (χ4n) is 18.7. The Hall–Kier alpha value is -8.50. The number of carbonyl (C=O) groups is 8. The number of hydrogen-bond donors (Lipinski definition) is 2. The van der Waals surface area contributed by atoms with Crippen molar-refractivity contribution in [3.63, 3.8) is 0 Å². The van der Waals surface area contributed by atoms with Crippen molar-refractivity contribution in [1.29, 1.82) is 0 Å². The fraction of sp³-hybridized carbons (Fsp3) is 0.667. The Morgan fingerprint density at radius 3 is 1.21 bits per heavy atom. The van der Waals surface area contributed by atoms with Crippen LogP contribution < -0.4 is 28.7 Å². The number of sulfonamides is 2. The molecular formula is C90H118F6N8O18S2. The van der Waals surface area contributed by atoms with E-state index in [-0.39, 0.29) is 75.2 Å². The maximum Gasteiger partial charge on any atom is 0.427 e. The molecule has 6 aliphatic heterocycles. The van der Waals surface area contributed by atoms with Gasteiger partial charge in [-0.25, -0.2) is 26.8 Å². The van der Waals surface area contributed by atoms with E-state index in [9.17, 15) is 71.9 Å². The van der Waals surface area contributed by atoms with Crippen LogP contribution in [0.1, 0.15) is 198 Å². The number of morpholine rings is 2. The lowest BCUT2D eigenvalue weighted by molar-refractivity contribution is -0.257. The summed E-state index contributed by atoms with van der Waals surface area (Å²) in [6.45, 7) is 18.7. The number of fused-ring (bicyclic) bond motifs is 6. The minimum atomic E-state index is -4.87. The summed E-state index contributed by atoms with van der Waals surface area (Å²) in [6, 6.07) is 12.9. The van der Waals surface area contributed by atoms with Gasteiger partial charge in [0.25, 0.3) is 0 Å². The highest BCUT2D eigenvalue weighted by Crippen LogP contribution is 2.60. The van der Waals surface area contributed by atoms with Crippen molar-refractivity contribution in [3.8, 4) is 11.8 Å². The van der Waals surface area contributed by atoms with Gasteiger partial charge in [0.1, 0.15) is 12.2 Å². The Morgan fingerprint density at radius 2 is 0.879 bits per heavy atom. The van der Waals surface area contributed by atoms with Gasteiger partial charge in [-0.05, 0) is 166 Å². The number of ketones is 2. The molecule has 4 saturated carbocycles. The molecule has 4 aromatic rings. The molecule has 0 unspecified atom stereocenters. The Balaban J connectivity index is 0.000000213. The highest BCUT2D eigenvalue weighted by atomic mass is 32.2. The first-order chi connectivity index (χ1) is 58.4. The molecule has 0 radical (unpaired) electrons. The zero-order valence-corrected chi connectivity index (χ0v) is 74.0. The number of hydrogen-bond acceptors (Lipinski definition) is 22. The Bertz CT molecular complexity index is 4680. The summed E-state index contributed by atoms with van der Waals surface area (Å²) in [5.41, 5.74) is -6.58. The molecule has 26 nitrogen and oxygen atoms in total. The second-order valence-corrected chi connectivity index (χ2v) is 42.1. The number of Topliss-reactive ketones (excluding diaryl/α,β-unsaturated/α-hetero) is 2. The predicted molar refractivity (Wildman–Crippen MR) is 449 cm³/mol. The van der Waals surface area contributed by atoms with E-state index in [1.54, 1.807) is 26.2 Å². The van der Waals surface area contributed by atoms with Crippen molar-refractivity contribution in [2.45, 2.75) is 255 Å². The number of esters is 2. The van der Waals surface area contributed by atoms with Gasteiger partial charge in [0.2, 0.25) is 66.6 Å². The Labute approximate surface area is 721 Å². The molecule has 4 amide bonds. The average Bonchev–Trinajstić information content (AvgIpc) is 1.56. The summed E-state index contributed by atoms with van der Waals surface area (Å²) >= 11 is 0. The van der Waals surface area contributed by atoms with Crippen LogP contribution in [0.15, 0.2) is 85.2 Å². The number of ether oxygens (including phenoxy) is 6. The molecule has 14 atom stereocenters. The van der Waals surface area contributed by atoms with Crippen molar-refractivity contribution in [3.05, 3.63) is 85.2 Å². The number of allylic oxidation sites excluding steroid dienone is 4. The highest BCUT2D eigenvalue weighted by Gasteiger charge is 2.65. The van der Waals surface area contributed by atoms with Crippen LogP contribution in [0, 0.1) is 58.2 Å². The van der Waals surface area contributed by atoms with E-state index >= 15 is 9.59 Å². The number of nitrogens with one attached hydrogen (secondary N) is 2. The number of carbonyl (C=O) groups excluding carboxylic acids is 8. The smallest absolute Gasteiger partial charge is 0.427 e. The van der Waals surface area contributed by atoms with Gasteiger partial charge >= 0.3 is 24.3 Å². The molecule has 2 aromatic heterocycles. The van der Waals surface area contributed by atoms with E-state index in [0.717, 1.165) is 49.8 Å². The number of rotatable bonds is 20. The predicted octanol–water partition coefficient (Wildman–Crippen LogP) is 13.4. The van der Waals surface area contributed by atoms with Gasteiger partial charge in [-0.1, -0.05) is 101 Å². The van der Waals surface area contributed by atoms with Crippen LogP contribution in [-0.2, 0) is 77.4 Å². The third kappa shape index (κ3) is 20.1. The molecule has 8 fully saturated rings. The fourth-order valence-corrected chi connectivity index (χ4v) is 21.4. The van der Waals surface area contributed by atoms with Crippen LogP contribution in [0.2, 0.25) is 0 Å². The van der Waals surface area contributed by atoms with Gasteiger partial charge < -0.3 is 48.0 Å². The number of amides is 4. The van der Waals surface area contributed by atoms with Crippen LogP contribution in [0.4, 0.5) is 37.7 Å². The molecule has 34 heteroatoms. The van der Waals surface area contributed by atoms with Crippen LogP contribution in [0.5, 0.6) is 11.8 Å². The van der Waals surface area contributed by atoms with Crippen molar-refractivity contribution < 1.29 is 110 Å². The maximum absolute atomic E-state index is 15.1. The summed E-state index contributed by atoms with van der Waals surface area (Å²) in [6.07, 6.45) is 4.15. The number of alkyl halides is 6. The Kier molecular flexibility index (Phi) is 27.3. The highest BCUT2D eigenvalue weighted by molar-refractivity contribution is 7.92. The molecule has 0 bridgehead atoms. The van der Waals surface area contributed by atoms with Gasteiger partial charge in [0, 0.05) is 73.4 Å². The first-order valence-corrected chi connectivity index (χ1v) is 46.8. The van der Waals surface area contributed by atoms with Crippen LogP contribution >= 0.6 is 0 Å². The standard InChI is InChI=1S/2C45H59F3N4O9S/c2*1-6-29-21-28(2)11-7-8-12-30-24-44(30,41(56)50-62(57,58)43(5)15-16-43)25-37(53)35-22-31(27-52(35)40(55)34(29)23-38(54)61-42(3,4)45(46,47)48)60-39-33-14-10-9-13-32(33)36(26-49-39)51-17-19-59-20-18-51/h2*8-10,12-14,26,28-31,34-35H,6-7,11,15-25,27H2,1-5H3,(H,50,56)/b2*12-8-/t28-,29+,30+,31+,34-,35-,44+;28-,29-,30-,31-,34+,35+,44-/m01/s1. The van der Waals surface area contributed by atoms with Crippen molar-refractivity contribution in [2.24, 2.45) is 58.2 Å². The third-order valence-corrected chi connectivity index (χ3v) is 32.2. The summed E-state index contributed by atoms with van der Waals surface area (Å²) in [5, 5.41) is 3.19. The molecule has 0 spiro atoms. The molecule has 14 rings (SSSR count). The number of nitrogens with zero attached hydrogens (tertiary/aromatic N) is 6. The number of benzene rings is 2. The van der Waals surface area contributed by atoms with Gasteiger partial charge in [-0.15, -0.1) is 0 Å². The van der Waals surface area contributed by atoms with Crippen LogP contribution in [0.25, 0.3) is 21.5 Å². The number of anilines is 2. The monoisotopic (exact) mass is 1780 g/mol. The van der Waals surface area contributed by atoms with Crippen molar-refractivity contribution in [1.82, 2.24) is 29.2 Å². The maximum atomic E-state index is 15.1. The van der Waals surface area contributed by atoms with E-state index in [2.05, 4.69) is 19.2 Å². The quantitative estimate of drug-likeness (QED) is 0.0471. The van der Waals surface area contributed by atoms with Crippen molar-refractivity contribution >= 4 is 100 Å². The molecular weight excluding hydrogens is 1660 g/mol. The van der Waals surface area contributed by atoms with Crippen LogP contribution in [0.3, 0.4) is 0 Å². The Morgan fingerprint density at radius 1 is 0.532 bits per heavy atom. The van der Waals surface area contributed by atoms with Gasteiger partial charge in [0.15, 0.2) is 11.6 Å². The molecule has 2 aromatic carbocycles. The second-order valence-electron chi connectivity index (χ2n) is 37.8. The zero-order valence-electron chi connectivity index (χ0n) is 72.3. The van der Waals surface area contributed by atoms with Crippen LogP contribution in [-0.4, -0.2) is 207 Å². The second kappa shape index (κ2) is 36.3. The van der Waals surface area contributed by atoms with Gasteiger partial charge in [-0.3, -0.25) is 47.8 Å². The minimum Gasteiger partial charge on any atom is -0.472 e. The van der Waals surface area contributed by atoms with Crippen molar-refractivity contribution in [2.75, 3.05) is 75.5 Å². The first kappa shape index (κ1) is 93.1. The normalized spacial score (nSPS) is 30.1. The van der Waals surface area contributed by atoms with E-state index in [0.29, 0.717) is 140 Å². The molecule has 8 heterocycles. The molecule has 4 saturated heterocycles. The SMILES string of the molecule is CC[C@@H]1C[C@@H](C)CC/C=C\[C@@H]2C[C@@]2(C(=O)NS(=O)(=O)C2(C)CC2)CC(=O)[C@@H]2C[C@@H](Oc3ncc(N4CCOCC4)c4ccccc34)CN2C(=O)[C@H]1CC(=O)OC(C)(C)C(F)(F)F.CC[C@@H]1C[C@H](C)CC/C=C\[C@@H]2C[C@@]2(C(=O)NS(=O)(=O)C2(C)CC2)CC(=O)[C@@H]2C[C@@H](Oc3ncc(N4CCOCC4)c4ccccc34)CN2C(=O)[C@H]1CC(=O)OC(C)(C)C(F)(F)F. The molecule has 2 N–H and O–H groups in total.